The normalized spacial score (nSPS) is 10.5. The van der Waals surface area contributed by atoms with Crippen LogP contribution in [0.5, 0.6) is 0 Å². The molecule has 4 nitrogen and oxygen atoms in total. The molecule has 0 aliphatic rings. The molecule has 0 saturated heterocycles. The van der Waals surface area contributed by atoms with Crippen molar-refractivity contribution in [2.75, 3.05) is 5.73 Å². The van der Waals surface area contributed by atoms with E-state index in [4.69, 9.17) is 27.5 Å². The van der Waals surface area contributed by atoms with Crippen LogP contribution in [-0.4, -0.2) is 5.91 Å². The van der Waals surface area contributed by atoms with E-state index < -0.39 is 5.91 Å². The van der Waals surface area contributed by atoms with Gasteiger partial charge in [-0.3, -0.25) is 4.79 Å². The highest BCUT2D eigenvalue weighted by atomic mass is 35.5. The lowest BCUT2D eigenvalue weighted by molar-refractivity contribution is 0.0974. The summed E-state index contributed by atoms with van der Waals surface area (Å²) in [5, 5.41) is 0.589. The van der Waals surface area contributed by atoms with Gasteiger partial charge in [-0.15, -0.1) is 0 Å². The number of amides is 1. The van der Waals surface area contributed by atoms with Gasteiger partial charge in [0.2, 0.25) is 0 Å². The van der Waals surface area contributed by atoms with Crippen molar-refractivity contribution in [3.8, 4) is 11.3 Å². The second-order valence-corrected chi connectivity index (χ2v) is 4.12. The third-order valence-corrected chi connectivity index (χ3v) is 2.85. The van der Waals surface area contributed by atoms with Gasteiger partial charge in [-0.1, -0.05) is 11.6 Å². The van der Waals surface area contributed by atoms with Crippen molar-refractivity contribution in [2.24, 2.45) is 5.73 Å². The van der Waals surface area contributed by atoms with Crippen LogP contribution in [0, 0.1) is 6.92 Å². The van der Waals surface area contributed by atoms with Crippen molar-refractivity contribution < 1.29 is 9.21 Å². The highest BCUT2D eigenvalue weighted by Crippen LogP contribution is 2.32. The van der Waals surface area contributed by atoms with Gasteiger partial charge < -0.3 is 15.9 Å². The number of rotatable bonds is 2. The first kappa shape index (κ1) is 11.5. The molecule has 0 aliphatic heterocycles. The summed E-state index contributed by atoms with van der Waals surface area (Å²) in [6.45, 7) is 1.86. The van der Waals surface area contributed by atoms with Crippen LogP contribution in [0.4, 0.5) is 5.69 Å². The average Bonchev–Trinajstić information content (AvgIpc) is 2.72. The lowest BCUT2D eigenvalue weighted by Crippen LogP contribution is -2.09. The molecule has 17 heavy (non-hydrogen) atoms. The first-order valence-corrected chi connectivity index (χ1v) is 5.32. The Kier molecular flexibility index (Phi) is 2.81. The van der Waals surface area contributed by atoms with Gasteiger partial charge >= 0.3 is 0 Å². The second kappa shape index (κ2) is 4.14. The summed E-state index contributed by atoms with van der Waals surface area (Å²) in [7, 11) is 0. The minimum Gasteiger partial charge on any atom is -0.451 e. The molecule has 4 N–H and O–H groups in total. The van der Waals surface area contributed by atoms with E-state index in [0.717, 1.165) is 5.56 Å². The van der Waals surface area contributed by atoms with Gasteiger partial charge in [-0.25, -0.2) is 0 Å². The van der Waals surface area contributed by atoms with Crippen LogP contribution < -0.4 is 11.5 Å². The van der Waals surface area contributed by atoms with Gasteiger partial charge in [-0.2, -0.15) is 0 Å². The van der Waals surface area contributed by atoms with E-state index in [2.05, 4.69) is 0 Å². The van der Waals surface area contributed by atoms with E-state index in [1.165, 1.54) is 6.07 Å². The summed E-state index contributed by atoms with van der Waals surface area (Å²) < 4.78 is 5.29. The van der Waals surface area contributed by atoms with Crippen LogP contribution in [0.15, 0.2) is 28.7 Å². The quantitative estimate of drug-likeness (QED) is 0.804. The topological polar surface area (TPSA) is 82.2 Å². The van der Waals surface area contributed by atoms with Crippen LogP contribution in [0.2, 0.25) is 5.02 Å². The summed E-state index contributed by atoms with van der Waals surface area (Å²) in [5.74, 6) is -0.0534. The van der Waals surface area contributed by atoms with E-state index in [1.54, 1.807) is 18.2 Å². The molecule has 1 aromatic heterocycles. The van der Waals surface area contributed by atoms with Crippen LogP contribution in [0.25, 0.3) is 11.3 Å². The predicted octanol–water partition coefficient (Wildman–Crippen LogP) is 2.59. The number of benzene rings is 1. The third kappa shape index (κ3) is 2.12. The monoisotopic (exact) mass is 250 g/mol. The number of hydrogen-bond acceptors (Lipinski definition) is 3. The number of aryl methyl sites for hydroxylation is 1. The smallest absolute Gasteiger partial charge is 0.284 e. The summed E-state index contributed by atoms with van der Waals surface area (Å²) in [4.78, 5) is 10.9. The van der Waals surface area contributed by atoms with Crippen molar-refractivity contribution in [3.05, 3.63) is 40.6 Å². The van der Waals surface area contributed by atoms with Crippen molar-refractivity contribution >= 4 is 23.2 Å². The molecule has 2 rings (SSSR count). The van der Waals surface area contributed by atoms with Crippen molar-refractivity contribution in [2.45, 2.75) is 6.92 Å². The first-order chi connectivity index (χ1) is 7.99. The largest absolute Gasteiger partial charge is 0.451 e. The highest BCUT2D eigenvalue weighted by Gasteiger charge is 2.12. The summed E-state index contributed by atoms with van der Waals surface area (Å²) in [6.07, 6.45) is 0. The Morgan fingerprint density at radius 1 is 1.35 bits per heavy atom. The zero-order valence-corrected chi connectivity index (χ0v) is 9.91. The number of hydrogen-bond donors (Lipinski definition) is 2. The number of carbonyl (C=O) groups excluding carboxylic acids is 1. The lowest BCUT2D eigenvalue weighted by Gasteiger charge is -2.05. The summed E-state index contributed by atoms with van der Waals surface area (Å²) >= 11 is 6.02. The van der Waals surface area contributed by atoms with Crippen LogP contribution >= 0.6 is 11.6 Å². The molecule has 1 heterocycles. The van der Waals surface area contributed by atoms with Gasteiger partial charge in [0.25, 0.3) is 5.91 Å². The lowest BCUT2D eigenvalue weighted by atomic mass is 10.1. The van der Waals surface area contributed by atoms with Crippen molar-refractivity contribution in [1.29, 1.82) is 0 Å². The predicted molar refractivity (Wildman–Crippen MR) is 66.8 cm³/mol. The Morgan fingerprint density at radius 3 is 2.65 bits per heavy atom. The fourth-order valence-corrected chi connectivity index (χ4v) is 1.70. The van der Waals surface area contributed by atoms with Crippen LogP contribution in [-0.2, 0) is 0 Å². The highest BCUT2D eigenvalue weighted by molar-refractivity contribution is 6.31. The molecule has 0 bridgehead atoms. The van der Waals surface area contributed by atoms with Gasteiger partial charge in [-0.05, 0) is 36.8 Å². The minimum absolute atomic E-state index is 0.0936. The van der Waals surface area contributed by atoms with Gasteiger partial charge in [0, 0.05) is 16.3 Å². The summed E-state index contributed by atoms with van der Waals surface area (Å²) in [6, 6.07) is 6.60. The van der Waals surface area contributed by atoms with Crippen molar-refractivity contribution in [1.82, 2.24) is 0 Å². The number of primary amides is 1. The molecule has 0 spiro atoms. The number of halogens is 1. The fraction of sp³-hybridized carbons (Fsp3) is 0.0833. The standard InChI is InChI=1S/C12H11ClN2O2/c1-6-4-9(14)7(5-8(6)13)10-2-3-11(17-10)12(15)16/h2-5H,14H2,1H3,(H2,15,16). The SMILES string of the molecule is Cc1cc(N)c(-c2ccc(C(N)=O)o2)cc1Cl. The maximum atomic E-state index is 10.9. The van der Waals surface area contributed by atoms with Crippen LogP contribution in [0.1, 0.15) is 16.1 Å². The first-order valence-electron chi connectivity index (χ1n) is 4.94. The molecule has 0 aliphatic carbocycles. The Bertz CT molecular complexity index is 590. The van der Waals surface area contributed by atoms with Crippen molar-refractivity contribution in [3.63, 3.8) is 0 Å². The average molecular weight is 251 g/mol. The molecule has 0 saturated carbocycles. The molecule has 1 aromatic carbocycles. The number of nitrogen functional groups attached to an aromatic ring is 1. The number of nitrogens with two attached hydrogens (primary N) is 2. The molecular weight excluding hydrogens is 240 g/mol. The fourth-order valence-electron chi connectivity index (χ4n) is 1.53. The van der Waals surface area contributed by atoms with Crippen LogP contribution in [0.3, 0.4) is 0 Å². The molecule has 5 heteroatoms. The minimum atomic E-state index is -0.618. The Morgan fingerprint density at radius 2 is 2.06 bits per heavy atom. The molecule has 1 amide bonds. The van der Waals surface area contributed by atoms with E-state index in [-0.39, 0.29) is 5.76 Å². The molecular formula is C12H11ClN2O2. The molecule has 0 atom stereocenters. The van der Waals surface area contributed by atoms with E-state index in [1.807, 2.05) is 6.92 Å². The van der Waals surface area contributed by atoms with E-state index in [9.17, 15) is 4.79 Å². The Hall–Kier alpha value is -1.94. The Balaban J connectivity index is 2.52. The number of carbonyl (C=O) groups is 1. The molecule has 88 valence electrons. The molecule has 2 aromatic rings. The maximum Gasteiger partial charge on any atom is 0.284 e. The zero-order valence-electron chi connectivity index (χ0n) is 9.16. The molecule has 0 unspecified atom stereocenters. The number of furan rings is 1. The van der Waals surface area contributed by atoms with Gasteiger partial charge in [0.05, 0.1) is 0 Å². The summed E-state index contributed by atoms with van der Waals surface area (Å²) in [5.41, 5.74) is 13.0. The number of anilines is 1. The van der Waals surface area contributed by atoms with Gasteiger partial charge in [0.15, 0.2) is 5.76 Å². The molecule has 0 fully saturated rings. The van der Waals surface area contributed by atoms with Gasteiger partial charge in [0.1, 0.15) is 5.76 Å². The second-order valence-electron chi connectivity index (χ2n) is 3.72. The third-order valence-electron chi connectivity index (χ3n) is 2.45. The van der Waals surface area contributed by atoms with E-state index in [0.29, 0.717) is 22.0 Å². The molecule has 0 radical (unpaired) electrons. The Labute approximate surface area is 103 Å². The maximum absolute atomic E-state index is 10.9. The zero-order chi connectivity index (χ0) is 12.6. The van der Waals surface area contributed by atoms with E-state index >= 15 is 0 Å².